The van der Waals surface area contributed by atoms with Gasteiger partial charge in [0.15, 0.2) is 0 Å². The SMILES string of the molecule is C1CNC(C2CC2)CN(CC2CCSCC2)C1. The summed E-state index contributed by atoms with van der Waals surface area (Å²) in [6.07, 6.45) is 7.23. The van der Waals surface area contributed by atoms with Gasteiger partial charge in [0.1, 0.15) is 0 Å². The molecule has 1 atom stereocenters. The highest BCUT2D eigenvalue weighted by Gasteiger charge is 2.33. The van der Waals surface area contributed by atoms with Gasteiger partial charge in [0, 0.05) is 19.1 Å². The molecular weight excluding hydrogens is 228 g/mol. The molecule has 3 aliphatic rings. The Kier molecular flexibility index (Phi) is 4.30. The average Bonchev–Trinajstić information content (AvgIpc) is 3.16. The van der Waals surface area contributed by atoms with Gasteiger partial charge in [-0.05, 0) is 68.5 Å². The molecule has 1 unspecified atom stereocenters. The van der Waals surface area contributed by atoms with E-state index in [1.54, 1.807) is 0 Å². The third-order valence-electron chi connectivity index (χ3n) is 4.56. The molecule has 3 heteroatoms. The standard InChI is InChI=1S/C14H26N2S/c1-6-15-14(13-2-3-13)11-16(7-1)10-12-4-8-17-9-5-12/h12-15H,1-11H2. The number of rotatable bonds is 3. The highest BCUT2D eigenvalue weighted by molar-refractivity contribution is 7.99. The number of nitrogens with zero attached hydrogens (tertiary/aromatic N) is 1. The lowest BCUT2D eigenvalue weighted by atomic mass is 10.0. The van der Waals surface area contributed by atoms with Gasteiger partial charge in [0.2, 0.25) is 0 Å². The summed E-state index contributed by atoms with van der Waals surface area (Å²) in [5.74, 6) is 4.82. The Hall–Kier alpha value is 0.270. The molecule has 0 aromatic rings. The quantitative estimate of drug-likeness (QED) is 0.831. The Labute approximate surface area is 110 Å². The molecule has 0 amide bonds. The second-order valence-electron chi connectivity index (χ2n) is 6.07. The number of hydrogen-bond donors (Lipinski definition) is 1. The van der Waals surface area contributed by atoms with Crippen LogP contribution in [0.15, 0.2) is 0 Å². The fraction of sp³-hybridized carbons (Fsp3) is 1.00. The maximum atomic E-state index is 3.76. The minimum absolute atomic E-state index is 0.815. The fourth-order valence-corrected chi connectivity index (χ4v) is 4.50. The first-order valence-corrected chi connectivity index (χ1v) is 8.61. The Morgan fingerprint density at radius 3 is 2.71 bits per heavy atom. The van der Waals surface area contributed by atoms with Crippen molar-refractivity contribution in [3.8, 4) is 0 Å². The van der Waals surface area contributed by atoms with Gasteiger partial charge in [0.25, 0.3) is 0 Å². The van der Waals surface area contributed by atoms with Crippen LogP contribution >= 0.6 is 11.8 Å². The minimum Gasteiger partial charge on any atom is -0.312 e. The van der Waals surface area contributed by atoms with Crippen LogP contribution in [0.4, 0.5) is 0 Å². The van der Waals surface area contributed by atoms with E-state index in [-0.39, 0.29) is 0 Å². The second kappa shape index (κ2) is 5.94. The van der Waals surface area contributed by atoms with E-state index in [1.165, 1.54) is 69.8 Å². The van der Waals surface area contributed by atoms with E-state index in [2.05, 4.69) is 22.0 Å². The third-order valence-corrected chi connectivity index (χ3v) is 5.61. The Morgan fingerprint density at radius 1 is 1.12 bits per heavy atom. The Morgan fingerprint density at radius 2 is 1.94 bits per heavy atom. The van der Waals surface area contributed by atoms with Crippen LogP contribution < -0.4 is 5.32 Å². The molecule has 2 nitrogen and oxygen atoms in total. The highest BCUT2D eigenvalue weighted by atomic mass is 32.2. The number of hydrogen-bond acceptors (Lipinski definition) is 3. The van der Waals surface area contributed by atoms with Crippen LogP contribution in [0.2, 0.25) is 0 Å². The molecule has 3 rings (SSSR count). The van der Waals surface area contributed by atoms with Gasteiger partial charge in [-0.3, -0.25) is 0 Å². The molecule has 0 bridgehead atoms. The lowest BCUT2D eigenvalue weighted by Crippen LogP contribution is -2.41. The Balaban J connectivity index is 1.49. The first kappa shape index (κ1) is 12.3. The van der Waals surface area contributed by atoms with Crippen LogP contribution in [-0.2, 0) is 0 Å². The molecular formula is C14H26N2S. The van der Waals surface area contributed by atoms with E-state index in [0.717, 1.165) is 17.9 Å². The lowest BCUT2D eigenvalue weighted by molar-refractivity contribution is 0.214. The van der Waals surface area contributed by atoms with Crippen molar-refractivity contribution in [3.05, 3.63) is 0 Å². The van der Waals surface area contributed by atoms with E-state index in [4.69, 9.17) is 0 Å². The number of nitrogens with one attached hydrogen (secondary N) is 1. The van der Waals surface area contributed by atoms with E-state index >= 15 is 0 Å². The van der Waals surface area contributed by atoms with E-state index in [9.17, 15) is 0 Å². The third kappa shape index (κ3) is 3.62. The summed E-state index contributed by atoms with van der Waals surface area (Å²) >= 11 is 2.15. The first-order chi connectivity index (χ1) is 8.42. The van der Waals surface area contributed by atoms with Crippen molar-refractivity contribution in [1.82, 2.24) is 10.2 Å². The average molecular weight is 254 g/mol. The van der Waals surface area contributed by atoms with Crippen molar-refractivity contribution >= 4 is 11.8 Å². The van der Waals surface area contributed by atoms with Crippen LogP contribution in [0.5, 0.6) is 0 Å². The Bertz CT molecular complexity index is 236. The van der Waals surface area contributed by atoms with Gasteiger partial charge >= 0.3 is 0 Å². The monoisotopic (exact) mass is 254 g/mol. The molecule has 98 valence electrons. The zero-order valence-corrected chi connectivity index (χ0v) is 11.7. The lowest BCUT2D eigenvalue weighted by Gasteiger charge is -2.30. The molecule has 2 aliphatic heterocycles. The van der Waals surface area contributed by atoms with Gasteiger partial charge in [-0.15, -0.1) is 0 Å². The second-order valence-corrected chi connectivity index (χ2v) is 7.29. The summed E-state index contributed by atoms with van der Waals surface area (Å²) in [5, 5.41) is 3.76. The molecule has 1 aliphatic carbocycles. The predicted molar refractivity (Wildman–Crippen MR) is 75.6 cm³/mol. The maximum absolute atomic E-state index is 3.76. The van der Waals surface area contributed by atoms with Crippen molar-refractivity contribution in [2.75, 3.05) is 37.7 Å². The predicted octanol–water partition coefficient (Wildman–Crippen LogP) is 2.20. The van der Waals surface area contributed by atoms with Gasteiger partial charge in [0.05, 0.1) is 0 Å². The minimum atomic E-state index is 0.815. The summed E-state index contributed by atoms with van der Waals surface area (Å²) < 4.78 is 0. The van der Waals surface area contributed by atoms with Crippen LogP contribution in [0, 0.1) is 11.8 Å². The zero-order chi connectivity index (χ0) is 11.5. The van der Waals surface area contributed by atoms with Gasteiger partial charge in [-0.1, -0.05) is 0 Å². The summed E-state index contributed by atoms with van der Waals surface area (Å²) in [6.45, 7) is 5.29. The zero-order valence-electron chi connectivity index (χ0n) is 10.9. The van der Waals surface area contributed by atoms with Gasteiger partial charge in [-0.2, -0.15) is 11.8 Å². The van der Waals surface area contributed by atoms with Crippen molar-refractivity contribution in [2.24, 2.45) is 11.8 Å². The van der Waals surface area contributed by atoms with E-state index < -0.39 is 0 Å². The van der Waals surface area contributed by atoms with Crippen molar-refractivity contribution in [1.29, 1.82) is 0 Å². The summed E-state index contributed by atoms with van der Waals surface area (Å²) in [7, 11) is 0. The maximum Gasteiger partial charge on any atom is 0.0223 e. The van der Waals surface area contributed by atoms with Crippen LogP contribution in [0.1, 0.15) is 32.1 Å². The van der Waals surface area contributed by atoms with Gasteiger partial charge < -0.3 is 10.2 Å². The van der Waals surface area contributed by atoms with Crippen molar-refractivity contribution in [3.63, 3.8) is 0 Å². The summed E-state index contributed by atoms with van der Waals surface area (Å²) in [5.41, 5.74) is 0. The summed E-state index contributed by atoms with van der Waals surface area (Å²) in [6, 6.07) is 0.815. The fourth-order valence-electron chi connectivity index (χ4n) is 3.30. The molecule has 2 saturated heterocycles. The topological polar surface area (TPSA) is 15.3 Å². The molecule has 0 aromatic heterocycles. The van der Waals surface area contributed by atoms with Crippen LogP contribution in [-0.4, -0.2) is 48.6 Å². The highest BCUT2D eigenvalue weighted by Crippen LogP contribution is 2.34. The van der Waals surface area contributed by atoms with E-state index in [0.29, 0.717) is 0 Å². The normalized spacial score (nSPS) is 33.5. The molecule has 1 saturated carbocycles. The van der Waals surface area contributed by atoms with Crippen molar-refractivity contribution in [2.45, 2.75) is 38.1 Å². The first-order valence-electron chi connectivity index (χ1n) is 7.45. The van der Waals surface area contributed by atoms with Crippen molar-refractivity contribution < 1.29 is 0 Å². The molecule has 0 radical (unpaired) electrons. The van der Waals surface area contributed by atoms with Crippen LogP contribution in [0.25, 0.3) is 0 Å². The van der Waals surface area contributed by atoms with E-state index in [1.807, 2.05) is 0 Å². The molecule has 0 aromatic carbocycles. The molecule has 0 spiro atoms. The number of thioether (sulfide) groups is 1. The molecule has 2 heterocycles. The molecule has 1 N–H and O–H groups in total. The smallest absolute Gasteiger partial charge is 0.0223 e. The molecule has 17 heavy (non-hydrogen) atoms. The largest absolute Gasteiger partial charge is 0.312 e. The van der Waals surface area contributed by atoms with Gasteiger partial charge in [-0.25, -0.2) is 0 Å². The molecule has 3 fully saturated rings. The van der Waals surface area contributed by atoms with Crippen LogP contribution in [0.3, 0.4) is 0 Å². The summed E-state index contributed by atoms with van der Waals surface area (Å²) in [4.78, 5) is 2.77.